The van der Waals surface area contributed by atoms with Crippen molar-refractivity contribution >= 4 is 15.9 Å². The Bertz CT molecular complexity index is 301. The van der Waals surface area contributed by atoms with E-state index < -0.39 is 0 Å². The SMILES string of the molecule is CCNC(CC)c1cccc(Br)c1F. The van der Waals surface area contributed by atoms with E-state index in [-0.39, 0.29) is 11.9 Å². The summed E-state index contributed by atoms with van der Waals surface area (Å²) in [5.74, 6) is -0.152. The number of rotatable bonds is 4. The lowest BCUT2D eigenvalue weighted by molar-refractivity contribution is 0.499. The Labute approximate surface area is 92.8 Å². The largest absolute Gasteiger partial charge is 0.310 e. The van der Waals surface area contributed by atoms with Crippen molar-refractivity contribution in [3.05, 3.63) is 34.1 Å². The molecule has 1 aromatic carbocycles. The zero-order valence-electron chi connectivity index (χ0n) is 8.48. The summed E-state index contributed by atoms with van der Waals surface area (Å²) < 4.78 is 14.2. The van der Waals surface area contributed by atoms with E-state index in [0.717, 1.165) is 18.5 Å². The van der Waals surface area contributed by atoms with Crippen LogP contribution in [0, 0.1) is 5.82 Å². The van der Waals surface area contributed by atoms with Gasteiger partial charge in [0.1, 0.15) is 5.82 Å². The first-order valence-corrected chi connectivity index (χ1v) is 5.67. The maximum atomic E-state index is 13.7. The summed E-state index contributed by atoms with van der Waals surface area (Å²) in [6, 6.07) is 5.52. The molecule has 0 spiro atoms. The minimum absolute atomic E-state index is 0.109. The highest BCUT2D eigenvalue weighted by molar-refractivity contribution is 9.10. The lowest BCUT2D eigenvalue weighted by atomic mass is 10.0. The Morgan fingerprint density at radius 3 is 2.71 bits per heavy atom. The quantitative estimate of drug-likeness (QED) is 0.871. The molecule has 0 saturated heterocycles. The molecule has 0 bridgehead atoms. The second-order valence-electron chi connectivity index (χ2n) is 3.16. The minimum atomic E-state index is -0.152. The van der Waals surface area contributed by atoms with Crippen LogP contribution in [0.15, 0.2) is 22.7 Å². The third-order valence-corrected chi connectivity index (χ3v) is 2.83. The fraction of sp³-hybridized carbons (Fsp3) is 0.455. The molecule has 1 nitrogen and oxygen atoms in total. The third-order valence-electron chi connectivity index (χ3n) is 2.22. The number of hydrogen-bond acceptors (Lipinski definition) is 1. The van der Waals surface area contributed by atoms with Crippen LogP contribution >= 0.6 is 15.9 Å². The summed E-state index contributed by atoms with van der Waals surface area (Å²) in [6.07, 6.45) is 0.890. The Morgan fingerprint density at radius 1 is 1.43 bits per heavy atom. The number of benzene rings is 1. The van der Waals surface area contributed by atoms with Gasteiger partial charge in [-0.1, -0.05) is 26.0 Å². The molecule has 0 fully saturated rings. The van der Waals surface area contributed by atoms with Gasteiger partial charge in [-0.15, -0.1) is 0 Å². The van der Waals surface area contributed by atoms with Crippen LogP contribution in [0.1, 0.15) is 31.9 Å². The normalized spacial score (nSPS) is 12.9. The predicted octanol–water partition coefficient (Wildman–Crippen LogP) is 3.65. The summed E-state index contributed by atoms with van der Waals surface area (Å²) in [7, 11) is 0. The van der Waals surface area contributed by atoms with E-state index in [0.29, 0.717) is 4.47 Å². The molecule has 14 heavy (non-hydrogen) atoms. The van der Waals surface area contributed by atoms with Crippen LogP contribution in [-0.4, -0.2) is 6.54 Å². The summed E-state index contributed by atoms with van der Waals surface area (Å²) in [4.78, 5) is 0. The molecule has 0 aliphatic rings. The number of hydrogen-bond donors (Lipinski definition) is 1. The van der Waals surface area contributed by atoms with Crippen molar-refractivity contribution in [2.24, 2.45) is 0 Å². The van der Waals surface area contributed by atoms with E-state index >= 15 is 0 Å². The summed E-state index contributed by atoms with van der Waals surface area (Å²) >= 11 is 3.19. The standard InChI is InChI=1S/C11H15BrFN/c1-3-10(14-4-2)8-6-5-7-9(12)11(8)13/h5-7,10,14H,3-4H2,1-2H3. The topological polar surface area (TPSA) is 12.0 Å². The monoisotopic (exact) mass is 259 g/mol. The molecule has 0 saturated carbocycles. The third kappa shape index (κ3) is 2.55. The van der Waals surface area contributed by atoms with Gasteiger partial charge in [0.2, 0.25) is 0 Å². The van der Waals surface area contributed by atoms with Gasteiger partial charge in [-0.3, -0.25) is 0 Å². The Hall–Kier alpha value is -0.410. The maximum Gasteiger partial charge on any atom is 0.142 e. The average Bonchev–Trinajstić information content (AvgIpc) is 2.19. The minimum Gasteiger partial charge on any atom is -0.310 e. The van der Waals surface area contributed by atoms with Crippen LogP contribution in [0.25, 0.3) is 0 Å². The van der Waals surface area contributed by atoms with Crippen molar-refractivity contribution in [2.75, 3.05) is 6.54 Å². The Balaban J connectivity index is 2.97. The molecule has 3 heteroatoms. The average molecular weight is 260 g/mol. The van der Waals surface area contributed by atoms with E-state index in [1.807, 2.05) is 26.0 Å². The second kappa shape index (κ2) is 5.47. The molecule has 0 amide bonds. The van der Waals surface area contributed by atoms with E-state index in [4.69, 9.17) is 0 Å². The van der Waals surface area contributed by atoms with Crippen molar-refractivity contribution < 1.29 is 4.39 Å². The smallest absolute Gasteiger partial charge is 0.142 e. The molecule has 0 heterocycles. The van der Waals surface area contributed by atoms with Crippen LogP contribution in [0.3, 0.4) is 0 Å². The molecule has 1 atom stereocenters. The van der Waals surface area contributed by atoms with E-state index in [1.54, 1.807) is 6.07 Å². The fourth-order valence-electron chi connectivity index (χ4n) is 1.51. The number of nitrogens with one attached hydrogen (secondary N) is 1. The van der Waals surface area contributed by atoms with Crippen molar-refractivity contribution in [2.45, 2.75) is 26.3 Å². The van der Waals surface area contributed by atoms with Gasteiger partial charge in [0.05, 0.1) is 4.47 Å². The van der Waals surface area contributed by atoms with Crippen LogP contribution in [0.5, 0.6) is 0 Å². The predicted molar refractivity (Wildman–Crippen MR) is 60.8 cm³/mol. The molecule has 1 rings (SSSR count). The van der Waals surface area contributed by atoms with Gasteiger partial charge in [-0.05, 0) is 35.0 Å². The molecule has 1 N–H and O–H groups in total. The van der Waals surface area contributed by atoms with Crippen molar-refractivity contribution in [3.8, 4) is 0 Å². The van der Waals surface area contributed by atoms with Gasteiger partial charge >= 0.3 is 0 Å². The van der Waals surface area contributed by atoms with Crippen LogP contribution in [0.2, 0.25) is 0 Å². The first-order chi connectivity index (χ1) is 6.70. The molecule has 0 aromatic heterocycles. The van der Waals surface area contributed by atoms with E-state index in [1.165, 1.54) is 0 Å². The zero-order chi connectivity index (χ0) is 10.6. The summed E-state index contributed by atoms with van der Waals surface area (Å²) in [6.45, 7) is 4.93. The summed E-state index contributed by atoms with van der Waals surface area (Å²) in [5.41, 5.74) is 0.740. The highest BCUT2D eigenvalue weighted by atomic mass is 79.9. The van der Waals surface area contributed by atoms with Gasteiger partial charge in [-0.2, -0.15) is 0 Å². The molecule has 0 radical (unpaired) electrons. The zero-order valence-corrected chi connectivity index (χ0v) is 10.1. The van der Waals surface area contributed by atoms with Crippen molar-refractivity contribution in [1.29, 1.82) is 0 Å². The molecule has 0 aliphatic heterocycles. The highest BCUT2D eigenvalue weighted by Gasteiger charge is 2.13. The first kappa shape index (κ1) is 11.7. The van der Waals surface area contributed by atoms with Crippen molar-refractivity contribution in [1.82, 2.24) is 5.32 Å². The lowest BCUT2D eigenvalue weighted by Crippen LogP contribution is -2.21. The first-order valence-electron chi connectivity index (χ1n) is 4.88. The van der Waals surface area contributed by atoms with Gasteiger partial charge in [0, 0.05) is 11.6 Å². The van der Waals surface area contributed by atoms with Gasteiger partial charge in [0.25, 0.3) is 0 Å². The van der Waals surface area contributed by atoms with E-state index in [2.05, 4.69) is 21.2 Å². The molecule has 78 valence electrons. The lowest BCUT2D eigenvalue weighted by Gasteiger charge is -2.17. The molecular formula is C11H15BrFN. The number of halogens is 2. The van der Waals surface area contributed by atoms with Crippen LogP contribution < -0.4 is 5.32 Å². The fourth-order valence-corrected chi connectivity index (χ4v) is 1.89. The molecular weight excluding hydrogens is 245 g/mol. The Kier molecular flexibility index (Phi) is 4.55. The van der Waals surface area contributed by atoms with E-state index in [9.17, 15) is 4.39 Å². The van der Waals surface area contributed by atoms with Gasteiger partial charge in [-0.25, -0.2) is 4.39 Å². The maximum absolute atomic E-state index is 13.7. The highest BCUT2D eigenvalue weighted by Crippen LogP contribution is 2.25. The van der Waals surface area contributed by atoms with Crippen LogP contribution in [0.4, 0.5) is 4.39 Å². The van der Waals surface area contributed by atoms with Gasteiger partial charge in [0.15, 0.2) is 0 Å². The molecule has 1 unspecified atom stereocenters. The van der Waals surface area contributed by atoms with Crippen LogP contribution in [-0.2, 0) is 0 Å². The second-order valence-corrected chi connectivity index (χ2v) is 4.02. The van der Waals surface area contributed by atoms with Crippen molar-refractivity contribution in [3.63, 3.8) is 0 Å². The molecule has 1 aromatic rings. The van der Waals surface area contributed by atoms with Gasteiger partial charge < -0.3 is 5.32 Å². The Morgan fingerprint density at radius 2 is 2.14 bits per heavy atom. The molecule has 0 aliphatic carbocycles. The summed E-state index contributed by atoms with van der Waals surface area (Å²) in [5, 5.41) is 3.26.